The topological polar surface area (TPSA) is 72.8 Å². The number of aliphatic hydroxyl groups excluding tert-OH is 1. The monoisotopic (exact) mass is 350 g/mol. The van der Waals surface area contributed by atoms with Crippen LogP contribution in [-0.4, -0.2) is 35.4 Å². The third-order valence-electron chi connectivity index (χ3n) is 5.57. The molecular weight excluding hydrogens is 320 g/mol. The van der Waals surface area contributed by atoms with Gasteiger partial charge in [0.2, 0.25) is 0 Å². The number of esters is 2. The van der Waals surface area contributed by atoms with Gasteiger partial charge in [-0.3, -0.25) is 9.59 Å². The maximum Gasteiger partial charge on any atom is 0.309 e. The minimum absolute atomic E-state index is 0.0789. The van der Waals surface area contributed by atoms with E-state index in [2.05, 4.69) is 0 Å². The fourth-order valence-corrected chi connectivity index (χ4v) is 3.27. The van der Waals surface area contributed by atoms with Crippen LogP contribution in [0.15, 0.2) is 23.3 Å². The lowest BCUT2D eigenvalue weighted by atomic mass is 9.83. The van der Waals surface area contributed by atoms with Crippen molar-refractivity contribution < 1.29 is 24.2 Å². The smallest absolute Gasteiger partial charge is 0.309 e. The third-order valence-corrected chi connectivity index (χ3v) is 5.57. The molecule has 0 radical (unpaired) electrons. The van der Waals surface area contributed by atoms with Crippen LogP contribution in [0.25, 0.3) is 0 Å². The summed E-state index contributed by atoms with van der Waals surface area (Å²) < 4.78 is 11.2. The average Bonchev–Trinajstić information content (AvgIpc) is 2.83. The van der Waals surface area contributed by atoms with E-state index in [0.717, 1.165) is 17.6 Å². The van der Waals surface area contributed by atoms with E-state index < -0.39 is 12.2 Å². The molecule has 0 spiro atoms. The average molecular weight is 350 g/mol. The second-order valence-corrected chi connectivity index (χ2v) is 7.43. The molecular formula is C20H30O5. The Hall–Kier alpha value is -1.62. The Morgan fingerprint density at radius 1 is 1.40 bits per heavy atom. The van der Waals surface area contributed by atoms with E-state index in [9.17, 15) is 14.7 Å². The van der Waals surface area contributed by atoms with Crippen LogP contribution in [0.2, 0.25) is 0 Å². The zero-order valence-corrected chi connectivity index (χ0v) is 15.8. The van der Waals surface area contributed by atoms with Crippen LogP contribution in [0.3, 0.4) is 0 Å². The minimum Gasteiger partial charge on any atom is -0.458 e. The van der Waals surface area contributed by atoms with Gasteiger partial charge in [0.25, 0.3) is 0 Å². The van der Waals surface area contributed by atoms with Crippen molar-refractivity contribution in [3.05, 3.63) is 23.3 Å². The van der Waals surface area contributed by atoms with E-state index in [0.29, 0.717) is 12.8 Å². The van der Waals surface area contributed by atoms with E-state index in [1.165, 1.54) is 0 Å². The molecule has 1 fully saturated rings. The molecule has 25 heavy (non-hydrogen) atoms. The fraction of sp³-hybridized carbons (Fsp3) is 0.700. The molecule has 1 aliphatic carbocycles. The van der Waals surface area contributed by atoms with Crippen molar-refractivity contribution in [1.29, 1.82) is 0 Å². The molecule has 2 rings (SSSR count). The number of fused-ring (bicyclic) bond motifs is 1. The summed E-state index contributed by atoms with van der Waals surface area (Å²) >= 11 is 0. The van der Waals surface area contributed by atoms with Crippen LogP contribution < -0.4 is 0 Å². The molecule has 1 saturated heterocycles. The number of carbonyl (C=O) groups excluding carboxylic acids is 2. The molecule has 2 aliphatic rings. The SMILES string of the molecule is CCC(C)C(=O)O[C@H]1C/C=C(\C)[C@@H](O)C[C@@H]2[C@@H](/C=C/1C)OC(=O)[C@@H]2C. The summed E-state index contributed by atoms with van der Waals surface area (Å²) in [4.78, 5) is 24.2. The van der Waals surface area contributed by atoms with E-state index in [1.807, 2.05) is 46.8 Å². The van der Waals surface area contributed by atoms with Gasteiger partial charge in [-0.1, -0.05) is 26.8 Å². The summed E-state index contributed by atoms with van der Waals surface area (Å²) in [6, 6.07) is 0. The summed E-state index contributed by atoms with van der Waals surface area (Å²) in [5.41, 5.74) is 1.72. The minimum atomic E-state index is -0.623. The summed E-state index contributed by atoms with van der Waals surface area (Å²) in [7, 11) is 0. The predicted octanol–water partition coefficient (Wildman–Crippen LogP) is 3.17. The zero-order valence-electron chi connectivity index (χ0n) is 15.8. The highest BCUT2D eigenvalue weighted by molar-refractivity contribution is 5.75. The van der Waals surface area contributed by atoms with Gasteiger partial charge < -0.3 is 14.6 Å². The number of ether oxygens (including phenoxy) is 2. The van der Waals surface area contributed by atoms with Crippen LogP contribution in [0, 0.1) is 17.8 Å². The van der Waals surface area contributed by atoms with Crippen molar-refractivity contribution in [2.75, 3.05) is 0 Å². The molecule has 5 heteroatoms. The molecule has 0 saturated carbocycles. The predicted molar refractivity (Wildman–Crippen MR) is 94.6 cm³/mol. The molecule has 6 atom stereocenters. The summed E-state index contributed by atoms with van der Waals surface area (Å²) in [6.07, 6.45) is 4.13. The number of carbonyl (C=O) groups is 2. The second-order valence-electron chi connectivity index (χ2n) is 7.43. The first-order chi connectivity index (χ1) is 11.7. The van der Waals surface area contributed by atoms with E-state index >= 15 is 0 Å². The highest BCUT2D eigenvalue weighted by Gasteiger charge is 2.42. The van der Waals surface area contributed by atoms with Crippen LogP contribution >= 0.6 is 0 Å². The highest BCUT2D eigenvalue weighted by atomic mass is 16.6. The first-order valence-corrected chi connectivity index (χ1v) is 9.18. The number of aliphatic hydroxyl groups is 1. The van der Waals surface area contributed by atoms with Crippen molar-refractivity contribution in [3.63, 3.8) is 0 Å². The molecule has 1 unspecified atom stereocenters. The first kappa shape index (κ1) is 19.7. The van der Waals surface area contributed by atoms with E-state index in [1.54, 1.807) is 0 Å². The van der Waals surface area contributed by atoms with Gasteiger partial charge in [-0.25, -0.2) is 0 Å². The van der Waals surface area contributed by atoms with Crippen molar-refractivity contribution >= 4 is 11.9 Å². The van der Waals surface area contributed by atoms with E-state index in [-0.39, 0.29) is 35.8 Å². The molecule has 0 aromatic rings. The lowest BCUT2D eigenvalue weighted by Crippen LogP contribution is -2.28. The Balaban J connectivity index is 2.30. The standard InChI is InChI=1S/C20H30O5/c1-6-11(2)19(22)24-17-8-7-12(3)16(21)10-15-14(5)20(23)25-18(15)9-13(17)4/h7,9,11,14-18,21H,6,8,10H2,1-5H3/b12-7+,13-9+/t11?,14-,15+,16+,17+,18-/m1/s1. The lowest BCUT2D eigenvalue weighted by Gasteiger charge is -2.26. The lowest BCUT2D eigenvalue weighted by molar-refractivity contribution is -0.152. The van der Waals surface area contributed by atoms with Gasteiger partial charge >= 0.3 is 11.9 Å². The quantitative estimate of drug-likeness (QED) is 0.625. The van der Waals surface area contributed by atoms with Crippen molar-refractivity contribution in [2.24, 2.45) is 17.8 Å². The Labute approximate surface area is 150 Å². The number of hydrogen-bond acceptors (Lipinski definition) is 5. The molecule has 0 amide bonds. The van der Waals surface area contributed by atoms with Gasteiger partial charge in [-0.15, -0.1) is 0 Å². The van der Waals surface area contributed by atoms with Crippen molar-refractivity contribution in [3.8, 4) is 0 Å². The highest BCUT2D eigenvalue weighted by Crippen LogP contribution is 2.35. The van der Waals surface area contributed by atoms with Crippen LogP contribution in [0.1, 0.15) is 53.9 Å². The van der Waals surface area contributed by atoms with Gasteiger partial charge in [-0.2, -0.15) is 0 Å². The Kier molecular flexibility index (Phi) is 6.44. The molecule has 0 aromatic carbocycles. The fourth-order valence-electron chi connectivity index (χ4n) is 3.27. The van der Waals surface area contributed by atoms with Gasteiger partial charge in [0, 0.05) is 12.3 Å². The molecule has 5 nitrogen and oxygen atoms in total. The first-order valence-electron chi connectivity index (χ1n) is 9.18. The van der Waals surface area contributed by atoms with Crippen LogP contribution in [0.5, 0.6) is 0 Å². The normalized spacial score (nSPS) is 38.5. The van der Waals surface area contributed by atoms with E-state index in [4.69, 9.17) is 9.47 Å². The van der Waals surface area contributed by atoms with Gasteiger partial charge in [0.05, 0.1) is 17.9 Å². The maximum absolute atomic E-state index is 12.2. The summed E-state index contributed by atoms with van der Waals surface area (Å²) in [5.74, 6) is -0.949. The number of rotatable bonds is 3. The van der Waals surface area contributed by atoms with Crippen molar-refractivity contribution in [1.82, 2.24) is 0 Å². The molecule has 0 aromatic heterocycles. The van der Waals surface area contributed by atoms with Gasteiger partial charge in [-0.05, 0) is 43.9 Å². The second kappa shape index (κ2) is 8.17. The zero-order chi connectivity index (χ0) is 18.7. The Bertz CT molecular complexity index is 577. The summed E-state index contributed by atoms with van der Waals surface area (Å²) in [6.45, 7) is 9.42. The largest absolute Gasteiger partial charge is 0.458 e. The van der Waals surface area contributed by atoms with Gasteiger partial charge in [0.15, 0.2) is 0 Å². The third kappa shape index (κ3) is 4.51. The molecule has 0 bridgehead atoms. The Morgan fingerprint density at radius 2 is 2.08 bits per heavy atom. The number of hydrogen-bond donors (Lipinski definition) is 1. The van der Waals surface area contributed by atoms with Crippen LogP contribution in [-0.2, 0) is 19.1 Å². The molecule has 1 aliphatic heterocycles. The molecule has 1 heterocycles. The molecule has 1 N–H and O–H groups in total. The summed E-state index contributed by atoms with van der Waals surface area (Å²) in [5, 5.41) is 10.4. The maximum atomic E-state index is 12.2. The van der Waals surface area contributed by atoms with Crippen LogP contribution in [0.4, 0.5) is 0 Å². The van der Waals surface area contributed by atoms with Gasteiger partial charge in [0.1, 0.15) is 12.2 Å². The van der Waals surface area contributed by atoms with Crippen molar-refractivity contribution in [2.45, 2.75) is 72.2 Å². The Morgan fingerprint density at radius 3 is 2.72 bits per heavy atom. The molecule has 140 valence electrons.